The van der Waals surface area contributed by atoms with Gasteiger partial charge in [0.2, 0.25) is 0 Å². The van der Waals surface area contributed by atoms with Crippen LogP contribution in [0.25, 0.3) is 10.6 Å². The van der Waals surface area contributed by atoms with E-state index in [-0.39, 0.29) is 5.91 Å². The van der Waals surface area contributed by atoms with E-state index in [2.05, 4.69) is 20.5 Å². The van der Waals surface area contributed by atoms with E-state index in [1.54, 1.807) is 17.8 Å². The number of nitrogens with one attached hydrogen (secondary N) is 2. The lowest BCUT2D eigenvalue weighted by atomic mass is 10.2. The third-order valence-electron chi connectivity index (χ3n) is 4.38. The van der Waals surface area contributed by atoms with Gasteiger partial charge in [-0.3, -0.25) is 14.6 Å². The summed E-state index contributed by atoms with van der Waals surface area (Å²) in [5, 5.41) is 16.9. The molecule has 2 saturated carbocycles. The molecular weight excluding hydrogens is 324 g/mol. The molecule has 0 radical (unpaired) electrons. The van der Waals surface area contributed by atoms with Gasteiger partial charge in [0.1, 0.15) is 10.7 Å². The summed E-state index contributed by atoms with van der Waals surface area (Å²) in [5.74, 6) is 0.315. The van der Waals surface area contributed by atoms with Crippen LogP contribution in [0.4, 0.5) is 5.69 Å². The molecule has 7 nitrogen and oxygen atoms in total. The minimum atomic E-state index is -0.182. The maximum Gasteiger partial charge on any atom is 0.275 e. The first-order valence-corrected chi connectivity index (χ1v) is 9.01. The van der Waals surface area contributed by atoms with Gasteiger partial charge in [-0.15, -0.1) is 11.3 Å². The summed E-state index contributed by atoms with van der Waals surface area (Å²) in [7, 11) is 0. The first-order valence-electron chi connectivity index (χ1n) is 8.13. The number of anilines is 1. The smallest absolute Gasteiger partial charge is 0.275 e. The number of carbonyl (C=O) groups excluding carboxylic acids is 1. The number of carbonyl (C=O) groups is 1. The Balaban J connectivity index is 1.38. The first kappa shape index (κ1) is 13.9. The van der Waals surface area contributed by atoms with Crippen molar-refractivity contribution in [1.29, 1.82) is 0 Å². The van der Waals surface area contributed by atoms with Crippen molar-refractivity contribution in [3.63, 3.8) is 0 Å². The Labute approximate surface area is 142 Å². The maximum absolute atomic E-state index is 12.6. The van der Waals surface area contributed by atoms with Gasteiger partial charge in [0.25, 0.3) is 5.91 Å². The number of amides is 1. The molecule has 1 amide bonds. The zero-order chi connectivity index (χ0) is 16.1. The molecule has 2 aliphatic rings. The quantitative estimate of drug-likeness (QED) is 0.746. The van der Waals surface area contributed by atoms with Crippen molar-refractivity contribution in [2.75, 3.05) is 5.32 Å². The summed E-state index contributed by atoms with van der Waals surface area (Å²) in [4.78, 5) is 17.0. The van der Waals surface area contributed by atoms with Crippen LogP contribution < -0.4 is 5.32 Å². The summed E-state index contributed by atoms with van der Waals surface area (Å²) in [6, 6.07) is 0.514. The lowest BCUT2D eigenvalue weighted by Gasteiger charge is -2.02. The Morgan fingerprint density at radius 2 is 2.21 bits per heavy atom. The van der Waals surface area contributed by atoms with Crippen LogP contribution in [-0.2, 0) is 0 Å². The van der Waals surface area contributed by atoms with E-state index in [1.165, 1.54) is 24.2 Å². The lowest BCUT2D eigenvalue weighted by molar-refractivity contribution is 0.102. The van der Waals surface area contributed by atoms with Gasteiger partial charge in [0.05, 0.1) is 23.6 Å². The van der Waals surface area contributed by atoms with Crippen LogP contribution in [-0.4, -0.2) is 30.9 Å². The van der Waals surface area contributed by atoms with Crippen LogP contribution in [0.1, 0.15) is 53.8 Å². The Kier molecular flexibility index (Phi) is 3.05. The standard InChI is InChI=1S/C16H16N6OS/c23-15(13-8-24-16(20-13)10-5-17-18-6-10)19-12-7-22(11-3-4-11)21-14(12)9-1-2-9/h5-9,11H,1-4H2,(H,17,18)(H,19,23). The molecule has 2 N–H and O–H groups in total. The van der Waals surface area contributed by atoms with Crippen LogP contribution in [0.5, 0.6) is 0 Å². The molecule has 24 heavy (non-hydrogen) atoms. The van der Waals surface area contributed by atoms with Gasteiger partial charge in [-0.1, -0.05) is 0 Å². The summed E-state index contributed by atoms with van der Waals surface area (Å²) < 4.78 is 2.02. The highest BCUT2D eigenvalue weighted by Crippen LogP contribution is 2.44. The zero-order valence-electron chi connectivity index (χ0n) is 12.9. The van der Waals surface area contributed by atoms with E-state index < -0.39 is 0 Å². The number of hydrogen-bond acceptors (Lipinski definition) is 5. The van der Waals surface area contributed by atoms with E-state index in [0.717, 1.165) is 34.8 Å². The van der Waals surface area contributed by atoms with Crippen molar-refractivity contribution >= 4 is 22.9 Å². The predicted octanol–water partition coefficient (Wildman–Crippen LogP) is 3.19. The monoisotopic (exact) mass is 340 g/mol. The second kappa shape index (κ2) is 5.27. The van der Waals surface area contributed by atoms with Crippen molar-refractivity contribution in [1.82, 2.24) is 25.0 Å². The topological polar surface area (TPSA) is 88.5 Å². The van der Waals surface area contributed by atoms with E-state index >= 15 is 0 Å². The molecule has 0 bridgehead atoms. The molecule has 3 heterocycles. The molecule has 0 aromatic carbocycles. The molecule has 5 rings (SSSR count). The first-order chi connectivity index (χ1) is 11.8. The van der Waals surface area contributed by atoms with Gasteiger partial charge in [-0.05, 0) is 25.7 Å². The summed E-state index contributed by atoms with van der Waals surface area (Å²) in [6.07, 6.45) is 10.1. The minimum absolute atomic E-state index is 0.182. The average molecular weight is 340 g/mol. The van der Waals surface area contributed by atoms with Crippen molar-refractivity contribution in [3.05, 3.63) is 35.4 Å². The van der Waals surface area contributed by atoms with Gasteiger partial charge >= 0.3 is 0 Å². The van der Waals surface area contributed by atoms with Crippen molar-refractivity contribution in [3.8, 4) is 10.6 Å². The molecule has 3 aromatic rings. The van der Waals surface area contributed by atoms with Crippen LogP contribution >= 0.6 is 11.3 Å². The molecule has 0 spiro atoms. The average Bonchev–Trinajstić information content (AvgIpc) is 3.45. The molecular formula is C16H16N6OS. The second-order valence-corrected chi connectivity index (χ2v) is 7.25. The van der Waals surface area contributed by atoms with Gasteiger partial charge in [-0.25, -0.2) is 4.98 Å². The number of H-pyrrole nitrogens is 1. The zero-order valence-corrected chi connectivity index (χ0v) is 13.7. The third-order valence-corrected chi connectivity index (χ3v) is 5.27. The highest BCUT2D eigenvalue weighted by atomic mass is 32.1. The summed E-state index contributed by atoms with van der Waals surface area (Å²) in [6.45, 7) is 0. The molecule has 122 valence electrons. The van der Waals surface area contributed by atoms with Crippen LogP contribution in [0.2, 0.25) is 0 Å². The highest BCUT2D eigenvalue weighted by Gasteiger charge is 2.33. The fourth-order valence-corrected chi connectivity index (χ4v) is 3.53. The minimum Gasteiger partial charge on any atom is -0.318 e. The highest BCUT2D eigenvalue weighted by molar-refractivity contribution is 7.13. The summed E-state index contributed by atoms with van der Waals surface area (Å²) >= 11 is 1.44. The normalized spacial score (nSPS) is 17.2. The van der Waals surface area contributed by atoms with Gasteiger partial charge in [0.15, 0.2) is 0 Å². The van der Waals surface area contributed by atoms with Crippen LogP contribution in [0.15, 0.2) is 24.0 Å². The summed E-state index contributed by atoms with van der Waals surface area (Å²) in [5.41, 5.74) is 3.18. The number of aromatic nitrogens is 5. The maximum atomic E-state index is 12.6. The fourth-order valence-electron chi connectivity index (χ4n) is 2.75. The Hall–Kier alpha value is -2.48. The Morgan fingerprint density at radius 1 is 1.33 bits per heavy atom. The number of thiazole rings is 1. The number of hydrogen-bond donors (Lipinski definition) is 2. The van der Waals surface area contributed by atoms with Crippen molar-refractivity contribution < 1.29 is 4.79 Å². The molecule has 0 atom stereocenters. The second-order valence-electron chi connectivity index (χ2n) is 6.39. The van der Waals surface area contributed by atoms with Crippen molar-refractivity contribution in [2.45, 2.75) is 37.6 Å². The molecule has 8 heteroatoms. The lowest BCUT2D eigenvalue weighted by Crippen LogP contribution is -2.13. The van der Waals surface area contributed by atoms with Crippen molar-refractivity contribution in [2.24, 2.45) is 0 Å². The molecule has 2 fully saturated rings. The van der Waals surface area contributed by atoms with E-state index in [4.69, 9.17) is 5.10 Å². The van der Waals surface area contributed by atoms with Crippen LogP contribution in [0, 0.1) is 0 Å². The predicted molar refractivity (Wildman–Crippen MR) is 90.1 cm³/mol. The van der Waals surface area contributed by atoms with Gasteiger partial charge < -0.3 is 5.32 Å². The van der Waals surface area contributed by atoms with Gasteiger partial charge in [0, 0.05) is 29.3 Å². The largest absolute Gasteiger partial charge is 0.318 e. The molecule has 0 aliphatic heterocycles. The number of nitrogens with zero attached hydrogens (tertiary/aromatic N) is 4. The molecule has 2 aliphatic carbocycles. The van der Waals surface area contributed by atoms with Crippen LogP contribution in [0.3, 0.4) is 0 Å². The molecule has 0 saturated heterocycles. The SMILES string of the molecule is O=C(Nc1cn(C2CC2)nc1C1CC1)c1csc(-c2cn[nH]c2)n1. The fraction of sp³-hybridized carbons (Fsp3) is 0.375. The third kappa shape index (κ3) is 2.52. The molecule has 3 aromatic heterocycles. The number of aromatic amines is 1. The van der Waals surface area contributed by atoms with E-state index in [1.807, 2.05) is 10.9 Å². The van der Waals surface area contributed by atoms with Gasteiger partial charge in [-0.2, -0.15) is 10.2 Å². The van der Waals surface area contributed by atoms with E-state index in [9.17, 15) is 4.79 Å². The number of rotatable bonds is 5. The Morgan fingerprint density at radius 3 is 2.92 bits per heavy atom. The van der Waals surface area contributed by atoms with E-state index in [0.29, 0.717) is 17.7 Å². The Bertz CT molecular complexity index is 888. The molecule has 0 unspecified atom stereocenters.